The van der Waals surface area contributed by atoms with Crippen LogP contribution in [0.2, 0.25) is 0 Å². The topological polar surface area (TPSA) is 110 Å². The van der Waals surface area contributed by atoms with E-state index in [1.807, 2.05) is 0 Å². The van der Waals surface area contributed by atoms with E-state index in [2.05, 4.69) is 9.89 Å². The molecule has 2 saturated heterocycles. The van der Waals surface area contributed by atoms with Gasteiger partial charge in [0.1, 0.15) is 10.6 Å². The molecule has 0 radical (unpaired) electrons. The Balaban J connectivity index is 1.77. The van der Waals surface area contributed by atoms with E-state index >= 15 is 0 Å². The minimum absolute atomic E-state index is 0.0382. The normalized spacial score (nSPS) is 20.8. The highest BCUT2D eigenvalue weighted by Gasteiger charge is 2.47. The van der Waals surface area contributed by atoms with Gasteiger partial charge in [-0.25, -0.2) is 18.1 Å². The summed E-state index contributed by atoms with van der Waals surface area (Å²) in [6, 6.07) is -0.484. The van der Waals surface area contributed by atoms with Crippen LogP contribution in [0.15, 0.2) is 9.42 Å². The average Bonchev–Trinajstić information content (AvgIpc) is 2.83. The van der Waals surface area contributed by atoms with Crippen LogP contribution in [0.1, 0.15) is 11.5 Å². The third-order valence-electron chi connectivity index (χ3n) is 3.54. The van der Waals surface area contributed by atoms with Crippen LogP contribution in [-0.2, 0) is 19.6 Å². The maximum atomic E-state index is 12.4. The van der Waals surface area contributed by atoms with E-state index in [0.29, 0.717) is 0 Å². The molecule has 3 heterocycles. The lowest BCUT2D eigenvalue weighted by Gasteiger charge is -2.40. The van der Waals surface area contributed by atoms with Crippen molar-refractivity contribution in [2.45, 2.75) is 24.8 Å². The van der Waals surface area contributed by atoms with E-state index in [1.54, 1.807) is 6.92 Å². The Morgan fingerprint density at radius 3 is 2.38 bits per heavy atom. The lowest BCUT2D eigenvalue weighted by molar-refractivity contribution is -0.128. The Kier molecular flexibility index (Phi) is 3.02. The summed E-state index contributed by atoms with van der Waals surface area (Å²) in [5.74, 6) is -0.230. The van der Waals surface area contributed by atoms with E-state index in [1.165, 1.54) is 11.2 Å². The molecule has 21 heavy (non-hydrogen) atoms. The van der Waals surface area contributed by atoms with Gasteiger partial charge in [-0.05, 0) is 13.8 Å². The molecule has 0 aromatic carbocycles. The molecule has 2 aliphatic heterocycles. The molecular formula is C11H13N3O6S. The fourth-order valence-corrected chi connectivity index (χ4v) is 4.27. The van der Waals surface area contributed by atoms with Crippen LogP contribution in [0.3, 0.4) is 0 Å². The Morgan fingerprint density at radius 1 is 1.24 bits per heavy atom. The number of hydrogen-bond acceptors (Lipinski definition) is 7. The predicted molar refractivity (Wildman–Crippen MR) is 66.7 cm³/mol. The number of carbonyl (C=O) groups is 2. The number of hydrogen-bond donors (Lipinski definition) is 0. The standard InChI is InChI=1S/C11H13N3O6S/c1-6-10(7(2)20-12-6)21(17,18)13-3-8(4-13)14-9(15)5-19-11(14)16/h8H,3-5H2,1-2H3. The highest BCUT2D eigenvalue weighted by atomic mass is 32.2. The van der Waals surface area contributed by atoms with Gasteiger partial charge in [-0.3, -0.25) is 4.79 Å². The van der Waals surface area contributed by atoms with Gasteiger partial charge in [0.05, 0.1) is 6.04 Å². The summed E-state index contributed by atoms with van der Waals surface area (Å²) in [5, 5.41) is 3.62. The number of rotatable bonds is 3. The summed E-state index contributed by atoms with van der Waals surface area (Å²) in [6.07, 6.45) is -0.723. The van der Waals surface area contributed by atoms with Gasteiger partial charge in [0, 0.05) is 13.1 Å². The molecule has 114 valence electrons. The van der Waals surface area contributed by atoms with Crippen molar-refractivity contribution in [2.75, 3.05) is 19.7 Å². The zero-order valence-corrected chi connectivity index (χ0v) is 12.2. The van der Waals surface area contributed by atoms with Gasteiger partial charge in [-0.15, -0.1) is 0 Å². The summed E-state index contributed by atoms with van der Waals surface area (Å²) in [6.45, 7) is 2.87. The van der Waals surface area contributed by atoms with E-state index in [-0.39, 0.29) is 36.0 Å². The second-order valence-electron chi connectivity index (χ2n) is 4.95. The van der Waals surface area contributed by atoms with Crippen LogP contribution in [0.5, 0.6) is 0 Å². The van der Waals surface area contributed by atoms with Gasteiger partial charge >= 0.3 is 6.09 Å². The van der Waals surface area contributed by atoms with Crippen molar-refractivity contribution in [1.29, 1.82) is 0 Å². The first-order valence-corrected chi connectivity index (χ1v) is 7.68. The monoisotopic (exact) mass is 315 g/mol. The lowest BCUT2D eigenvalue weighted by atomic mass is 10.1. The number of nitrogens with zero attached hydrogens (tertiary/aromatic N) is 3. The van der Waals surface area contributed by atoms with Crippen molar-refractivity contribution >= 4 is 22.0 Å². The summed E-state index contributed by atoms with van der Waals surface area (Å²) < 4.78 is 35.6. The number of amides is 2. The van der Waals surface area contributed by atoms with Gasteiger partial charge in [-0.2, -0.15) is 4.31 Å². The third kappa shape index (κ3) is 2.02. The maximum Gasteiger partial charge on any atom is 0.417 e. The first-order valence-electron chi connectivity index (χ1n) is 6.24. The molecule has 0 atom stereocenters. The van der Waals surface area contributed by atoms with Crippen LogP contribution >= 0.6 is 0 Å². The highest BCUT2D eigenvalue weighted by molar-refractivity contribution is 7.89. The van der Waals surface area contributed by atoms with Crippen molar-refractivity contribution in [3.8, 4) is 0 Å². The van der Waals surface area contributed by atoms with Gasteiger partial charge in [0.15, 0.2) is 12.4 Å². The second kappa shape index (κ2) is 4.53. The van der Waals surface area contributed by atoms with Crippen molar-refractivity contribution < 1.29 is 27.3 Å². The zero-order chi connectivity index (χ0) is 15.4. The van der Waals surface area contributed by atoms with Crippen molar-refractivity contribution in [1.82, 2.24) is 14.4 Å². The molecule has 0 unspecified atom stereocenters. The second-order valence-corrected chi connectivity index (χ2v) is 6.82. The van der Waals surface area contributed by atoms with Crippen molar-refractivity contribution in [3.05, 3.63) is 11.5 Å². The van der Waals surface area contributed by atoms with Gasteiger partial charge in [0.2, 0.25) is 10.0 Å². The van der Waals surface area contributed by atoms with Crippen LogP contribution in [-0.4, -0.2) is 60.5 Å². The molecular weight excluding hydrogens is 302 g/mol. The molecule has 0 N–H and O–H groups in total. The van der Waals surface area contributed by atoms with Crippen LogP contribution < -0.4 is 0 Å². The van der Waals surface area contributed by atoms with E-state index in [0.717, 1.165) is 4.90 Å². The first-order chi connectivity index (χ1) is 9.82. The van der Waals surface area contributed by atoms with Gasteiger partial charge in [-0.1, -0.05) is 5.16 Å². The number of ether oxygens (including phenoxy) is 1. The quantitative estimate of drug-likeness (QED) is 0.749. The molecule has 1 aromatic heterocycles. The van der Waals surface area contributed by atoms with Crippen molar-refractivity contribution in [3.63, 3.8) is 0 Å². The summed E-state index contributed by atoms with van der Waals surface area (Å²) in [4.78, 5) is 23.9. The highest BCUT2D eigenvalue weighted by Crippen LogP contribution is 2.29. The molecule has 3 rings (SSSR count). The minimum Gasteiger partial charge on any atom is -0.439 e. The maximum absolute atomic E-state index is 12.4. The smallest absolute Gasteiger partial charge is 0.417 e. The number of imide groups is 1. The van der Waals surface area contributed by atoms with Gasteiger partial charge < -0.3 is 9.26 Å². The first kappa shape index (κ1) is 14.0. The zero-order valence-electron chi connectivity index (χ0n) is 11.4. The molecule has 2 aliphatic rings. The fraction of sp³-hybridized carbons (Fsp3) is 0.545. The predicted octanol–water partition coefficient (Wildman–Crippen LogP) is -0.357. The van der Waals surface area contributed by atoms with Gasteiger partial charge in [0.25, 0.3) is 5.91 Å². The summed E-state index contributed by atoms with van der Waals surface area (Å²) >= 11 is 0. The largest absolute Gasteiger partial charge is 0.439 e. The number of aromatic nitrogens is 1. The van der Waals surface area contributed by atoms with Crippen LogP contribution in [0.25, 0.3) is 0 Å². The molecule has 0 bridgehead atoms. The SMILES string of the molecule is Cc1noc(C)c1S(=O)(=O)N1CC(N2C(=O)COC2=O)C1. The molecule has 10 heteroatoms. The third-order valence-corrected chi connectivity index (χ3v) is 5.62. The molecule has 1 aromatic rings. The number of sulfonamides is 1. The Labute approximate surface area is 120 Å². The number of cyclic esters (lactones) is 1. The average molecular weight is 315 g/mol. The summed E-state index contributed by atoms with van der Waals surface area (Å²) in [5.41, 5.74) is 0.285. The minimum atomic E-state index is -3.73. The van der Waals surface area contributed by atoms with E-state index in [9.17, 15) is 18.0 Å². The molecule has 9 nitrogen and oxygen atoms in total. The summed E-state index contributed by atoms with van der Waals surface area (Å²) in [7, 11) is -3.73. The molecule has 0 saturated carbocycles. The number of aryl methyl sites for hydroxylation is 2. The lowest BCUT2D eigenvalue weighted by Crippen LogP contribution is -2.62. The molecule has 2 amide bonds. The molecule has 0 aliphatic carbocycles. The van der Waals surface area contributed by atoms with Crippen LogP contribution in [0.4, 0.5) is 4.79 Å². The Hall–Kier alpha value is -1.94. The fourth-order valence-electron chi connectivity index (χ4n) is 2.47. The molecule has 0 spiro atoms. The Bertz CT molecular complexity index is 683. The number of carbonyl (C=O) groups excluding carboxylic acids is 2. The van der Waals surface area contributed by atoms with Crippen molar-refractivity contribution in [2.24, 2.45) is 0 Å². The Morgan fingerprint density at radius 2 is 1.90 bits per heavy atom. The molecule has 2 fully saturated rings. The van der Waals surface area contributed by atoms with E-state index in [4.69, 9.17) is 4.52 Å². The van der Waals surface area contributed by atoms with E-state index < -0.39 is 28.1 Å². The van der Waals surface area contributed by atoms with Crippen LogP contribution in [0, 0.1) is 13.8 Å².